The first-order valence-electron chi connectivity index (χ1n) is 5.71. The molecule has 2 N–H and O–H groups in total. The molecule has 0 radical (unpaired) electrons. The summed E-state index contributed by atoms with van der Waals surface area (Å²) in [6.07, 6.45) is 0. The summed E-state index contributed by atoms with van der Waals surface area (Å²) in [6.45, 7) is 1.70. The van der Waals surface area contributed by atoms with Gasteiger partial charge < -0.3 is 5.73 Å². The fourth-order valence-corrected chi connectivity index (χ4v) is 3.43. The number of nitrogens with two attached hydrogens (primary N) is 1. The lowest BCUT2D eigenvalue weighted by Crippen LogP contribution is -2.27. The fraction of sp³-hybridized carbons (Fsp3) is 0.250. The summed E-state index contributed by atoms with van der Waals surface area (Å²) < 4.78 is 39.6. The minimum atomic E-state index is -3.94. The summed E-state index contributed by atoms with van der Waals surface area (Å²) in [5, 5.41) is 1.74. The van der Waals surface area contributed by atoms with Gasteiger partial charge in [0.25, 0.3) is 0 Å². The average Bonchev–Trinajstić information content (AvgIpc) is 2.86. The van der Waals surface area contributed by atoms with Crippen molar-refractivity contribution in [1.82, 2.24) is 9.29 Å². The molecule has 0 bridgehead atoms. The highest BCUT2D eigenvalue weighted by molar-refractivity contribution is 7.89. The van der Waals surface area contributed by atoms with Crippen molar-refractivity contribution in [3.63, 3.8) is 0 Å². The lowest BCUT2D eigenvalue weighted by Gasteiger charge is -2.17. The molecule has 0 atom stereocenters. The normalized spacial score (nSPS) is 12.0. The highest BCUT2D eigenvalue weighted by Crippen LogP contribution is 2.24. The lowest BCUT2D eigenvalue weighted by molar-refractivity contribution is 0.456. The molecular formula is C12H14FN3O2S2. The van der Waals surface area contributed by atoms with Gasteiger partial charge in [0.15, 0.2) is 0 Å². The first-order chi connectivity index (χ1) is 9.32. The monoisotopic (exact) mass is 315 g/mol. The Morgan fingerprint density at radius 2 is 2.15 bits per heavy atom. The van der Waals surface area contributed by atoms with Crippen LogP contribution in [0.25, 0.3) is 0 Å². The maximum Gasteiger partial charge on any atom is 0.246 e. The molecule has 0 amide bonds. The Morgan fingerprint density at radius 1 is 1.45 bits per heavy atom. The standard InChI is InChI=1S/C12H14FN3O2S2/c1-8-3-10(13)12(4-11(8)14)20(17,18)16(2)5-9-6-19-7-15-9/h3-4,6-7H,5,14H2,1-2H3. The highest BCUT2D eigenvalue weighted by Gasteiger charge is 2.25. The van der Waals surface area contributed by atoms with E-state index in [4.69, 9.17) is 5.73 Å². The van der Waals surface area contributed by atoms with Crippen molar-refractivity contribution >= 4 is 27.0 Å². The molecule has 0 aliphatic heterocycles. The zero-order chi connectivity index (χ0) is 14.9. The van der Waals surface area contributed by atoms with Crippen LogP contribution >= 0.6 is 11.3 Å². The molecule has 2 rings (SSSR count). The van der Waals surface area contributed by atoms with Crippen molar-refractivity contribution in [2.75, 3.05) is 12.8 Å². The number of nitrogen functional groups attached to an aromatic ring is 1. The lowest BCUT2D eigenvalue weighted by atomic mass is 10.2. The van der Waals surface area contributed by atoms with Crippen LogP contribution in [0.5, 0.6) is 0 Å². The number of anilines is 1. The molecule has 1 heterocycles. The second-order valence-corrected chi connectivity index (χ2v) is 7.11. The van der Waals surface area contributed by atoms with Crippen LogP contribution in [0.2, 0.25) is 0 Å². The minimum absolute atomic E-state index is 0.0824. The van der Waals surface area contributed by atoms with E-state index in [-0.39, 0.29) is 12.2 Å². The molecule has 0 fully saturated rings. The Labute approximate surface area is 120 Å². The number of hydrogen-bond donors (Lipinski definition) is 1. The third-order valence-electron chi connectivity index (χ3n) is 2.88. The van der Waals surface area contributed by atoms with Gasteiger partial charge in [-0.05, 0) is 24.6 Å². The molecule has 8 heteroatoms. The number of sulfonamides is 1. The van der Waals surface area contributed by atoms with Gasteiger partial charge in [0.2, 0.25) is 10.0 Å². The number of halogens is 1. The molecule has 1 aromatic heterocycles. The average molecular weight is 315 g/mol. The zero-order valence-electron chi connectivity index (χ0n) is 11.0. The second kappa shape index (κ2) is 5.47. The molecule has 0 unspecified atom stereocenters. The number of thiazole rings is 1. The van der Waals surface area contributed by atoms with Gasteiger partial charge in [-0.2, -0.15) is 4.31 Å². The molecule has 0 aliphatic carbocycles. The topological polar surface area (TPSA) is 76.3 Å². The van der Waals surface area contributed by atoms with Crippen LogP contribution in [0.1, 0.15) is 11.3 Å². The van der Waals surface area contributed by atoms with Crippen LogP contribution in [0.3, 0.4) is 0 Å². The van der Waals surface area contributed by atoms with E-state index in [1.807, 2.05) is 0 Å². The number of rotatable bonds is 4. The molecule has 0 aliphatic rings. The quantitative estimate of drug-likeness (QED) is 0.876. The molecule has 0 saturated carbocycles. The Kier molecular flexibility index (Phi) is 4.07. The van der Waals surface area contributed by atoms with Gasteiger partial charge in [-0.3, -0.25) is 0 Å². The van der Waals surface area contributed by atoms with Crippen LogP contribution in [0, 0.1) is 12.7 Å². The van der Waals surface area contributed by atoms with Crippen LogP contribution in [-0.4, -0.2) is 24.8 Å². The smallest absolute Gasteiger partial charge is 0.246 e. The van der Waals surface area contributed by atoms with E-state index in [9.17, 15) is 12.8 Å². The Hall–Kier alpha value is -1.51. The van der Waals surface area contributed by atoms with Crippen LogP contribution in [0.15, 0.2) is 27.9 Å². The van der Waals surface area contributed by atoms with E-state index in [0.29, 0.717) is 11.3 Å². The summed E-state index contributed by atoms with van der Waals surface area (Å²) in [6, 6.07) is 2.27. The second-order valence-electron chi connectivity index (χ2n) is 4.38. The Morgan fingerprint density at radius 3 is 2.75 bits per heavy atom. The van der Waals surface area contributed by atoms with Gasteiger partial charge in [-0.1, -0.05) is 0 Å². The molecule has 1 aromatic carbocycles. The van der Waals surface area contributed by atoms with Crippen molar-refractivity contribution in [2.24, 2.45) is 0 Å². The number of nitrogens with zero attached hydrogens (tertiary/aromatic N) is 2. The molecule has 5 nitrogen and oxygen atoms in total. The number of aryl methyl sites for hydroxylation is 1. The molecule has 108 valence electrons. The van der Waals surface area contributed by atoms with Crippen LogP contribution in [-0.2, 0) is 16.6 Å². The van der Waals surface area contributed by atoms with Gasteiger partial charge in [0.05, 0.1) is 17.7 Å². The largest absolute Gasteiger partial charge is 0.398 e. The van der Waals surface area contributed by atoms with Gasteiger partial charge in [0, 0.05) is 18.1 Å². The van der Waals surface area contributed by atoms with Crippen LogP contribution < -0.4 is 5.73 Å². The van der Waals surface area contributed by atoms with E-state index in [1.54, 1.807) is 17.8 Å². The maximum absolute atomic E-state index is 13.9. The Balaban J connectivity index is 2.37. The Bertz CT molecular complexity index is 715. The number of hydrogen-bond acceptors (Lipinski definition) is 5. The van der Waals surface area contributed by atoms with Gasteiger partial charge >= 0.3 is 0 Å². The van der Waals surface area contributed by atoms with Crippen molar-refractivity contribution in [2.45, 2.75) is 18.4 Å². The number of aromatic nitrogens is 1. The van der Waals surface area contributed by atoms with E-state index in [0.717, 1.165) is 16.4 Å². The van der Waals surface area contributed by atoms with Crippen molar-refractivity contribution in [3.05, 3.63) is 40.1 Å². The van der Waals surface area contributed by atoms with Gasteiger partial charge in [-0.25, -0.2) is 17.8 Å². The highest BCUT2D eigenvalue weighted by atomic mass is 32.2. The van der Waals surface area contributed by atoms with Crippen molar-refractivity contribution in [3.8, 4) is 0 Å². The van der Waals surface area contributed by atoms with E-state index < -0.39 is 20.7 Å². The third-order valence-corrected chi connectivity index (χ3v) is 5.33. The summed E-state index contributed by atoms with van der Waals surface area (Å²) in [5.41, 5.74) is 8.63. The van der Waals surface area contributed by atoms with E-state index in [2.05, 4.69) is 4.98 Å². The predicted molar refractivity (Wildman–Crippen MR) is 76.3 cm³/mol. The summed E-state index contributed by atoms with van der Waals surface area (Å²) in [7, 11) is -2.56. The van der Waals surface area contributed by atoms with E-state index in [1.165, 1.54) is 18.4 Å². The minimum Gasteiger partial charge on any atom is -0.398 e. The molecule has 2 aromatic rings. The van der Waals surface area contributed by atoms with Gasteiger partial charge in [-0.15, -0.1) is 11.3 Å². The first kappa shape index (κ1) is 14.9. The summed E-state index contributed by atoms with van der Waals surface area (Å²) >= 11 is 1.37. The third kappa shape index (κ3) is 2.82. The SMILES string of the molecule is Cc1cc(F)c(S(=O)(=O)N(C)Cc2cscn2)cc1N. The molecular weight excluding hydrogens is 301 g/mol. The zero-order valence-corrected chi connectivity index (χ0v) is 12.6. The van der Waals surface area contributed by atoms with Crippen molar-refractivity contribution in [1.29, 1.82) is 0 Å². The van der Waals surface area contributed by atoms with E-state index >= 15 is 0 Å². The van der Waals surface area contributed by atoms with Crippen molar-refractivity contribution < 1.29 is 12.8 Å². The summed E-state index contributed by atoms with van der Waals surface area (Å²) in [5.74, 6) is -0.804. The van der Waals surface area contributed by atoms with Crippen LogP contribution in [0.4, 0.5) is 10.1 Å². The van der Waals surface area contributed by atoms with Gasteiger partial charge in [0.1, 0.15) is 10.7 Å². The fourth-order valence-electron chi connectivity index (χ4n) is 1.66. The molecule has 0 spiro atoms. The summed E-state index contributed by atoms with van der Waals surface area (Å²) in [4.78, 5) is 3.59. The predicted octanol–water partition coefficient (Wildman–Crippen LogP) is 1.99. The first-order valence-corrected chi connectivity index (χ1v) is 8.09. The molecule has 20 heavy (non-hydrogen) atoms. The maximum atomic E-state index is 13.9. The number of benzene rings is 1. The molecule has 0 saturated heterocycles.